The molecule has 0 aliphatic carbocycles. The van der Waals surface area contributed by atoms with E-state index in [9.17, 15) is 0 Å². The van der Waals surface area contributed by atoms with E-state index in [1.165, 1.54) is 135 Å². The Morgan fingerprint density at radius 2 is 0.892 bits per heavy atom. The van der Waals surface area contributed by atoms with E-state index in [1.54, 1.807) is 0 Å². The fourth-order valence-electron chi connectivity index (χ4n) is 11.3. The van der Waals surface area contributed by atoms with Crippen LogP contribution in [0.2, 0.25) is 0 Å². The maximum absolute atomic E-state index is 2.65. The molecule has 0 unspecified atom stereocenters. The Bertz CT molecular complexity index is 3700. The van der Waals surface area contributed by atoms with E-state index < -0.39 is 0 Å². The van der Waals surface area contributed by atoms with Gasteiger partial charge in [0, 0.05) is 52.5 Å². The van der Waals surface area contributed by atoms with Crippen molar-refractivity contribution in [2.75, 3.05) is 9.80 Å². The quantitative estimate of drug-likeness (QED) is 0.116. The largest absolute Gasteiger partial charge is 0.310 e. The third kappa shape index (κ3) is 5.65. The molecule has 13 rings (SSSR count). The molecule has 0 fully saturated rings. The second kappa shape index (κ2) is 15.0. The summed E-state index contributed by atoms with van der Waals surface area (Å²) in [7, 11) is 0. The second-order valence-corrected chi connectivity index (χ2v) is 20.0. The molecule has 9 aromatic carbocycles. The fraction of sp³-hybridized carbons (Fsp3) is 0.133. The number of rotatable bonds is 7. The molecule has 0 atom stereocenters. The van der Waals surface area contributed by atoms with Gasteiger partial charge in [-0.3, -0.25) is 0 Å². The minimum absolute atomic E-state index is 0.102. The first-order chi connectivity index (χ1) is 32.1. The molecule has 2 nitrogen and oxygen atoms in total. The van der Waals surface area contributed by atoms with Crippen molar-refractivity contribution in [2.45, 2.75) is 53.4 Å². The van der Waals surface area contributed by atoms with Crippen LogP contribution in [0.3, 0.4) is 0 Å². The molecule has 2 aliphatic rings. The topological polar surface area (TPSA) is 6.48 Å². The van der Waals surface area contributed by atoms with E-state index >= 15 is 0 Å². The van der Waals surface area contributed by atoms with E-state index in [0.29, 0.717) is 0 Å². The highest BCUT2D eigenvalue weighted by molar-refractivity contribution is 7.40. The predicted molar refractivity (Wildman–Crippen MR) is 287 cm³/mol. The Morgan fingerprint density at radius 3 is 1.46 bits per heavy atom. The number of nitrogens with zero attached hydrogens (tertiary/aromatic N) is 2. The van der Waals surface area contributed by atoms with Crippen molar-refractivity contribution < 1.29 is 0 Å². The highest BCUT2D eigenvalue weighted by Crippen LogP contribution is 2.51. The summed E-state index contributed by atoms with van der Waals surface area (Å²) in [5, 5.41) is 10.5. The lowest BCUT2D eigenvalue weighted by molar-refractivity contribution is 1.14. The summed E-state index contributed by atoms with van der Waals surface area (Å²) < 4.78 is 5.57. The summed E-state index contributed by atoms with van der Waals surface area (Å²) in [5.41, 5.74) is 17.1. The number of hydrogen-bond acceptors (Lipinski definition) is 4. The summed E-state index contributed by atoms with van der Waals surface area (Å²) in [6.07, 6.45) is 3.96. The van der Waals surface area contributed by atoms with Crippen LogP contribution in [-0.2, 0) is 25.7 Å². The number of aryl methyl sites for hydroxylation is 4. The highest BCUT2D eigenvalue weighted by Gasteiger charge is 2.47. The Morgan fingerprint density at radius 1 is 0.400 bits per heavy atom. The zero-order valence-electron chi connectivity index (χ0n) is 37.2. The zero-order chi connectivity index (χ0) is 43.5. The van der Waals surface area contributed by atoms with Crippen LogP contribution in [0.1, 0.15) is 49.9 Å². The minimum atomic E-state index is 0.102. The number of thiophene rings is 2. The molecule has 0 bridgehead atoms. The normalized spacial score (nSPS) is 13.1. The Balaban J connectivity index is 1.11. The first-order valence-corrected chi connectivity index (χ1v) is 25.1. The van der Waals surface area contributed by atoms with Crippen molar-refractivity contribution in [3.8, 4) is 11.1 Å². The Hall–Kier alpha value is -6.66. The number of benzene rings is 9. The van der Waals surface area contributed by atoms with Gasteiger partial charge in [-0.25, -0.2) is 0 Å². The molecule has 4 heterocycles. The molecule has 5 heteroatoms. The van der Waals surface area contributed by atoms with Crippen LogP contribution < -0.4 is 24.8 Å². The van der Waals surface area contributed by atoms with Gasteiger partial charge < -0.3 is 9.80 Å². The molecular weight excluding hydrogens is 824 g/mol. The first-order valence-electron chi connectivity index (χ1n) is 23.4. The van der Waals surface area contributed by atoms with E-state index in [0.717, 1.165) is 25.7 Å². The summed E-state index contributed by atoms with van der Waals surface area (Å²) in [6.45, 7) is 9.21. The molecular formula is C60H47BN2S2. The van der Waals surface area contributed by atoms with Gasteiger partial charge in [0.25, 0.3) is 6.71 Å². The van der Waals surface area contributed by atoms with Gasteiger partial charge in [-0.2, -0.15) is 0 Å². The molecule has 0 saturated carbocycles. The molecule has 0 saturated heterocycles. The summed E-state index contributed by atoms with van der Waals surface area (Å²) in [6, 6.07) is 63.1. The summed E-state index contributed by atoms with van der Waals surface area (Å²) >= 11 is 3.99. The van der Waals surface area contributed by atoms with E-state index in [4.69, 9.17) is 0 Å². The molecule has 0 amide bonds. The third-order valence-electron chi connectivity index (χ3n) is 14.5. The lowest BCUT2D eigenvalue weighted by atomic mass is 9.39. The number of anilines is 6. The molecule has 2 aliphatic heterocycles. The Labute approximate surface area is 389 Å². The predicted octanol–water partition coefficient (Wildman–Crippen LogP) is 15.6. The van der Waals surface area contributed by atoms with Gasteiger partial charge in [0.15, 0.2) is 0 Å². The van der Waals surface area contributed by atoms with Gasteiger partial charge in [-0.1, -0.05) is 131 Å². The summed E-state index contributed by atoms with van der Waals surface area (Å²) in [5.74, 6) is 0. The van der Waals surface area contributed by atoms with Crippen LogP contribution >= 0.6 is 22.7 Å². The van der Waals surface area contributed by atoms with Gasteiger partial charge in [0.1, 0.15) is 0 Å². The average Bonchev–Trinajstić information content (AvgIpc) is 3.94. The Kier molecular flexibility index (Phi) is 8.92. The maximum Gasteiger partial charge on any atom is 0.277 e. The van der Waals surface area contributed by atoms with Crippen LogP contribution in [0.25, 0.3) is 63.6 Å². The van der Waals surface area contributed by atoms with Crippen molar-refractivity contribution in [3.05, 3.63) is 186 Å². The van der Waals surface area contributed by atoms with Crippen molar-refractivity contribution in [3.63, 3.8) is 0 Å². The van der Waals surface area contributed by atoms with E-state index in [1.807, 2.05) is 22.7 Å². The zero-order valence-corrected chi connectivity index (χ0v) is 38.8. The third-order valence-corrected chi connectivity index (χ3v) is 17.0. The number of fused-ring (bicyclic) bond motifs is 14. The molecule has 65 heavy (non-hydrogen) atoms. The second-order valence-electron chi connectivity index (χ2n) is 17.8. The van der Waals surface area contributed by atoms with Crippen molar-refractivity contribution >= 4 is 131 Å². The fourth-order valence-corrected chi connectivity index (χ4v) is 14.0. The van der Waals surface area contributed by atoms with Gasteiger partial charge in [0.2, 0.25) is 0 Å². The van der Waals surface area contributed by atoms with Crippen molar-refractivity contribution in [2.24, 2.45) is 0 Å². The van der Waals surface area contributed by atoms with Crippen LogP contribution in [0.15, 0.2) is 164 Å². The lowest BCUT2D eigenvalue weighted by Gasteiger charge is -2.42. The smallest absolute Gasteiger partial charge is 0.277 e. The van der Waals surface area contributed by atoms with Gasteiger partial charge in [-0.05, 0) is 158 Å². The van der Waals surface area contributed by atoms with Crippen LogP contribution in [0.4, 0.5) is 34.1 Å². The molecule has 2 aromatic heterocycles. The highest BCUT2D eigenvalue weighted by atomic mass is 32.1. The van der Waals surface area contributed by atoms with Gasteiger partial charge >= 0.3 is 0 Å². The molecule has 312 valence electrons. The molecule has 0 spiro atoms. The van der Waals surface area contributed by atoms with Crippen LogP contribution in [-0.4, -0.2) is 6.71 Å². The van der Waals surface area contributed by atoms with E-state index in [2.05, 4.69) is 201 Å². The lowest BCUT2D eigenvalue weighted by Crippen LogP contribution is -2.59. The minimum Gasteiger partial charge on any atom is -0.310 e. The first kappa shape index (κ1) is 38.8. The number of hydrogen-bond donors (Lipinski definition) is 0. The SMILES string of the molecule is CCc1ccc(N2c3cccc4c3B(c3sc5ccc(CC)cc5c32)c2sc3ccc(CC)cc3c2N4c2ccc(CC)c(-c3cccc4c5ccccc5c5ccccc5c34)c2)cc1. The summed E-state index contributed by atoms with van der Waals surface area (Å²) in [4.78, 5) is 5.25. The van der Waals surface area contributed by atoms with Gasteiger partial charge in [0.05, 0.1) is 11.4 Å². The molecule has 11 aromatic rings. The van der Waals surface area contributed by atoms with Crippen LogP contribution in [0.5, 0.6) is 0 Å². The van der Waals surface area contributed by atoms with Crippen molar-refractivity contribution in [1.29, 1.82) is 0 Å². The molecule has 0 radical (unpaired) electrons. The van der Waals surface area contributed by atoms with E-state index in [-0.39, 0.29) is 6.71 Å². The van der Waals surface area contributed by atoms with Gasteiger partial charge in [-0.15, -0.1) is 22.7 Å². The standard InChI is InChI=1S/C60H47BN2S2/c1-5-36-23-28-40(29-24-36)62-51-21-14-22-52-56(51)61(59-57(62)49-33-37(6-2)25-31-53(49)64-59)60-58(50-34-38(7-3)26-32-54(50)65-60)63(52)41-30-27-39(8-4)48(35-41)47-20-13-19-46-44-16-10-9-15-42(44)43-17-11-12-18-45(43)55(46)47/h9-35H,5-8H2,1-4H3. The molecule has 0 N–H and O–H groups in total. The van der Waals surface area contributed by atoms with Crippen molar-refractivity contribution in [1.82, 2.24) is 0 Å². The monoisotopic (exact) mass is 870 g/mol. The average molecular weight is 871 g/mol. The van der Waals surface area contributed by atoms with Crippen LogP contribution in [0, 0.1) is 0 Å². The maximum atomic E-state index is 2.65.